The zero-order valence-corrected chi connectivity index (χ0v) is 16.4. The number of amides is 1. The first-order valence-electron chi connectivity index (χ1n) is 9.55. The topological polar surface area (TPSA) is 47.6 Å². The van der Waals surface area contributed by atoms with Gasteiger partial charge in [0.2, 0.25) is 5.91 Å². The number of anilines is 1. The summed E-state index contributed by atoms with van der Waals surface area (Å²) in [6.07, 6.45) is -4.08. The van der Waals surface area contributed by atoms with Crippen molar-refractivity contribution in [2.75, 3.05) is 18.5 Å². The lowest BCUT2D eigenvalue weighted by Crippen LogP contribution is -2.44. The molecule has 29 heavy (non-hydrogen) atoms. The fourth-order valence-corrected chi connectivity index (χ4v) is 3.56. The minimum atomic E-state index is -4.60. The van der Waals surface area contributed by atoms with Crippen LogP contribution in [0.3, 0.4) is 0 Å². The van der Waals surface area contributed by atoms with Crippen LogP contribution in [0.15, 0.2) is 48.5 Å². The predicted octanol–water partition coefficient (Wildman–Crippen LogP) is 5.18. The fraction of sp³-hybridized carbons (Fsp3) is 0.409. The Balaban J connectivity index is 1.92. The van der Waals surface area contributed by atoms with Gasteiger partial charge in [0, 0.05) is 18.9 Å². The van der Waals surface area contributed by atoms with Gasteiger partial charge in [-0.1, -0.05) is 30.3 Å². The largest absolute Gasteiger partial charge is 0.490 e. The Labute approximate surface area is 168 Å². The minimum absolute atomic E-state index is 0.0835. The molecule has 2 aromatic carbocycles. The van der Waals surface area contributed by atoms with Crippen LogP contribution >= 0.6 is 0 Å². The van der Waals surface area contributed by atoms with E-state index in [9.17, 15) is 18.0 Å². The number of rotatable bonds is 5. The third-order valence-electron chi connectivity index (χ3n) is 5.01. The normalized spacial score (nSPS) is 16.5. The Morgan fingerprint density at radius 2 is 1.76 bits per heavy atom. The number of ether oxygens (including phenoxy) is 2. The molecule has 3 rings (SSSR count). The summed E-state index contributed by atoms with van der Waals surface area (Å²) in [6, 6.07) is 12.9. The molecule has 4 nitrogen and oxygen atoms in total. The molecule has 0 spiro atoms. The molecule has 1 N–H and O–H groups in total. The van der Waals surface area contributed by atoms with E-state index in [1.165, 1.54) is 12.1 Å². The van der Waals surface area contributed by atoms with E-state index in [2.05, 4.69) is 5.32 Å². The molecule has 0 saturated carbocycles. The van der Waals surface area contributed by atoms with Crippen LogP contribution in [0.25, 0.3) is 0 Å². The lowest BCUT2D eigenvalue weighted by Gasteiger charge is -2.36. The van der Waals surface area contributed by atoms with E-state index in [-0.39, 0.29) is 17.3 Å². The number of nitrogens with one attached hydrogen (secondary N) is 1. The van der Waals surface area contributed by atoms with Crippen LogP contribution in [0, 0.1) is 0 Å². The molecule has 2 aromatic rings. The van der Waals surface area contributed by atoms with Crippen molar-refractivity contribution < 1.29 is 27.4 Å². The summed E-state index contributed by atoms with van der Waals surface area (Å²) >= 11 is 0. The monoisotopic (exact) mass is 407 g/mol. The Morgan fingerprint density at radius 3 is 2.34 bits per heavy atom. The van der Waals surface area contributed by atoms with E-state index in [1.807, 2.05) is 30.3 Å². The first-order valence-corrected chi connectivity index (χ1v) is 9.55. The van der Waals surface area contributed by atoms with E-state index in [4.69, 9.17) is 9.47 Å². The maximum Gasteiger partial charge on any atom is 0.420 e. The van der Waals surface area contributed by atoms with E-state index in [0.29, 0.717) is 26.1 Å². The van der Waals surface area contributed by atoms with Crippen LogP contribution in [-0.2, 0) is 21.1 Å². The summed E-state index contributed by atoms with van der Waals surface area (Å²) in [5, 5.41) is 2.69. The Morgan fingerprint density at radius 1 is 1.10 bits per heavy atom. The molecule has 1 amide bonds. The van der Waals surface area contributed by atoms with Crippen molar-refractivity contribution in [3.05, 3.63) is 59.7 Å². The summed E-state index contributed by atoms with van der Waals surface area (Å²) in [6.45, 7) is 4.14. The minimum Gasteiger partial charge on any atom is -0.490 e. The second kappa shape index (κ2) is 8.45. The van der Waals surface area contributed by atoms with E-state index >= 15 is 0 Å². The quantitative estimate of drug-likeness (QED) is 0.743. The fourth-order valence-electron chi connectivity index (χ4n) is 3.56. The van der Waals surface area contributed by atoms with E-state index < -0.39 is 23.3 Å². The molecule has 1 saturated heterocycles. The zero-order chi connectivity index (χ0) is 21.1. The van der Waals surface area contributed by atoms with Crippen LogP contribution in [0.2, 0.25) is 0 Å². The molecule has 0 bridgehead atoms. The smallest absolute Gasteiger partial charge is 0.420 e. The lowest BCUT2D eigenvalue weighted by atomic mass is 9.73. The number of carbonyl (C=O) groups excluding carboxylic acids is 1. The SMILES string of the molecule is CC(C)Oc1ccc(NC(=O)C2(c3ccccc3)CCOCC2)cc1C(F)(F)F. The average molecular weight is 407 g/mol. The third-order valence-corrected chi connectivity index (χ3v) is 5.01. The van der Waals surface area contributed by atoms with Gasteiger partial charge < -0.3 is 14.8 Å². The summed E-state index contributed by atoms with van der Waals surface area (Å²) in [5.74, 6) is -0.591. The molecule has 0 aliphatic carbocycles. The number of hydrogen-bond donors (Lipinski definition) is 1. The highest BCUT2D eigenvalue weighted by atomic mass is 19.4. The molecule has 0 radical (unpaired) electrons. The molecule has 1 aliphatic rings. The van der Waals surface area contributed by atoms with Crippen LogP contribution in [-0.4, -0.2) is 25.2 Å². The highest BCUT2D eigenvalue weighted by Gasteiger charge is 2.42. The maximum atomic E-state index is 13.5. The van der Waals surface area contributed by atoms with Crippen molar-refractivity contribution in [3.8, 4) is 5.75 Å². The molecule has 156 valence electrons. The van der Waals surface area contributed by atoms with Gasteiger partial charge in [-0.15, -0.1) is 0 Å². The maximum absolute atomic E-state index is 13.5. The van der Waals surface area contributed by atoms with Crippen LogP contribution in [0.1, 0.15) is 37.8 Å². The second-order valence-electron chi connectivity index (χ2n) is 7.39. The van der Waals surface area contributed by atoms with Gasteiger partial charge >= 0.3 is 6.18 Å². The van der Waals surface area contributed by atoms with Gasteiger partial charge in [0.05, 0.1) is 17.1 Å². The van der Waals surface area contributed by atoms with Crippen LogP contribution < -0.4 is 10.1 Å². The second-order valence-corrected chi connectivity index (χ2v) is 7.39. The first kappa shape index (κ1) is 21.2. The average Bonchev–Trinajstić information content (AvgIpc) is 2.69. The van der Waals surface area contributed by atoms with Crippen molar-refractivity contribution in [1.29, 1.82) is 0 Å². The molecule has 1 fully saturated rings. The van der Waals surface area contributed by atoms with E-state index in [0.717, 1.165) is 11.6 Å². The van der Waals surface area contributed by atoms with Gasteiger partial charge in [-0.2, -0.15) is 13.2 Å². The van der Waals surface area contributed by atoms with Gasteiger partial charge in [0.1, 0.15) is 5.75 Å². The van der Waals surface area contributed by atoms with Crippen molar-refractivity contribution in [2.24, 2.45) is 0 Å². The Kier molecular flexibility index (Phi) is 6.17. The summed E-state index contributed by atoms with van der Waals surface area (Å²) in [7, 11) is 0. The van der Waals surface area contributed by atoms with Gasteiger partial charge in [0.15, 0.2) is 0 Å². The van der Waals surface area contributed by atoms with Crippen molar-refractivity contribution in [2.45, 2.75) is 44.4 Å². The highest BCUT2D eigenvalue weighted by molar-refractivity contribution is 5.99. The number of hydrogen-bond acceptors (Lipinski definition) is 3. The summed E-state index contributed by atoms with van der Waals surface area (Å²) in [5.41, 5.74) is -0.841. The number of halogens is 3. The first-order chi connectivity index (χ1) is 13.7. The summed E-state index contributed by atoms with van der Waals surface area (Å²) < 4.78 is 51.2. The highest BCUT2D eigenvalue weighted by Crippen LogP contribution is 2.40. The number of alkyl halides is 3. The van der Waals surface area contributed by atoms with Gasteiger partial charge in [-0.3, -0.25) is 4.79 Å². The Bertz CT molecular complexity index is 844. The molecule has 0 atom stereocenters. The molecule has 7 heteroatoms. The van der Waals surface area contributed by atoms with Crippen molar-refractivity contribution >= 4 is 11.6 Å². The van der Waals surface area contributed by atoms with E-state index in [1.54, 1.807) is 13.8 Å². The lowest BCUT2D eigenvalue weighted by molar-refractivity contribution is -0.139. The molecule has 0 aromatic heterocycles. The number of benzene rings is 2. The summed E-state index contributed by atoms with van der Waals surface area (Å²) in [4.78, 5) is 13.2. The number of carbonyl (C=O) groups is 1. The van der Waals surface area contributed by atoms with Crippen molar-refractivity contribution in [1.82, 2.24) is 0 Å². The van der Waals surface area contributed by atoms with Crippen molar-refractivity contribution in [3.63, 3.8) is 0 Å². The molecule has 1 heterocycles. The van der Waals surface area contributed by atoms with Gasteiger partial charge in [0.25, 0.3) is 0 Å². The van der Waals surface area contributed by atoms with Crippen LogP contribution in [0.4, 0.5) is 18.9 Å². The molecule has 1 aliphatic heterocycles. The zero-order valence-electron chi connectivity index (χ0n) is 16.4. The third kappa shape index (κ3) is 4.72. The van der Waals surface area contributed by atoms with Gasteiger partial charge in [-0.25, -0.2) is 0 Å². The molecule has 0 unspecified atom stereocenters. The predicted molar refractivity (Wildman–Crippen MR) is 104 cm³/mol. The standard InChI is InChI=1S/C22H24F3NO3/c1-15(2)29-19-9-8-17(14-18(19)22(23,24)25)26-20(27)21(10-12-28-13-11-21)16-6-4-3-5-7-16/h3-9,14-15H,10-13H2,1-2H3,(H,26,27). The molecular formula is C22H24F3NO3. The Hall–Kier alpha value is -2.54. The molecular weight excluding hydrogens is 383 g/mol. The van der Waals surface area contributed by atoms with Crippen LogP contribution in [0.5, 0.6) is 5.75 Å². The van der Waals surface area contributed by atoms with Gasteiger partial charge in [-0.05, 0) is 50.5 Å².